The number of carbonyl (C=O) groups excluding carboxylic acids is 2. The van der Waals surface area contributed by atoms with Crippen molar-refractivity contribution in [1.29, 1.82) is 0 Å². The molecular weight excluding hydrogens is 468 g/mol. The van der Waals surface area contributed by atoms with E-state index in [1.165, 1.54) is 30.0 Å². The van der Waals surface area contributed by atoms with E-state index in [1.54, 1.807) is 33.1 Å². The molecule has 1 aliphatic heterocycles. The number of ether oxygens (including phenoxy) is 2. The highest BCUT2D eigenvalue weighted by molar-refractivity contribution is 8.14. The third-order valence-corrected chi connectivity index (χ3v) is 5.67. The summed E-state index contributed by atoms with van der Waals surface area (Å²) in [6, 6.07) is 10.6. The van der Waals surface area contributed by atoms with Gasteiger partial charge >= 0.3 is 5.97 Å². The summed E-state index contributed by atoms with van der Waals surface area (Å²) in [5.41, 5.74) is 2.05. The Kier molecular flexibility index (Phi) is 9.19. The van der Waals surface area contributed by atoms with Gasteiger partial charge in [-0.15, -0.1) is 12.4 Å². The molecule has 3 rings (SSSR count). The summed E-state index contributed by atoms with van der Waals surface area (Å²) in [6.45, 7) is 3.74. The van der Waals surface area contributed by atoms with Crippen LogP contribution in [0.3, 0.4) is 0 Å². The molecule has 0 radical (unpaired) electrons. The van der Waals surface area contributed by atoms with Crippen LogP contribution in [-0.2, 0) is 9.53 Å². The zero-order valence-corrected chi connectivity index (χ0v) is 20.0. The number of allylic oxidation sites excluding steroid dienone is 1. The number of esters is 1. The molecule has 0 fully saturated rings. The number of benzene rings is 2. The first kappa shape index (κ1) is 26.1. The second kappa shape index (κ2) is 11.6. The Morgan fingerprint density at radius 3 is 2.42 bits per heavy atom. The minimum absolute atomic E-state index is 0. The van der Waals surface area contributed by atoms with Crippen molar-refractivity contribution in [2.75, 3.05) is 19.5 Å². The lowest BCUT2D eigenvalue weighted by Crippen LogP contribution is -2.31. The number of rotatable bonds is 7. The highest BCUT2D eigenvalue weighted by Gasteiger charge is 2.30. The quantitative estimate of drug-likeness (QED) is 0.302. The van der Waals surface area contributed by atoms with Gasteiger partial charge in [-0.05, 0) is 49.7 Å². The Bertz CT molecular complexity index is 1080. The van der Waals surface area contributed by atoms with Crippen LogP contribution in [0.2, 0.25) is 0 Å². The van der Waals surface area contributed by atoms with E-state index in [-0.39, 0.29) is 47.6 Å². The third-order valence-electron chi connectivity index (χ3n) is 4.78. The molecule has 1 atom stereocenters. The number of thioether (sulfide) groups is 1. The van der Waals surface area contributed by atoms with Crippen LogP contribution in [0.4, 0.5) is 0 Å². The van der Waals surface area contributed by atoms with Gasteiger partial charge < -0.3 is 25.0 Å². The van der Waals surface area contributed by atoms with E-state index in [0.717, 1.165) is 5.56 Å². The molecule has 0 aliphatic carbocycles. The normalized spacial score (nSPS) is 15.1. The molecule has 33 heavy (non-hydrogen) atoms. The fourth-order valence-corrected chi connectivity index (χ4v) is 3.98. The van der Waals surface area contributed by atoms with Crippen molar-refractivity contribution in [2.24, 2.45) is 4.99 Å². The number of halogens is 1. The number of hydrogen-bond acceptors (Lipinski definition) is 9. The highest BCUT2D eigenvalue weighted by atomic mass is 35.5. The number of phenolic OH excluding ortho intramolecular Hbond substituents is 2. The predicted molar refractivity (Wildman–Crippen MR) is 129 cm³/mol. The summed E-state index contributed by atoms with van der Waals surface area (Å²) in [5.74, 6) is -0.612. The minimum Gasteiger partial charge on any atom is -0.504 e. The van der Waals surface area contributed by atoms with Crippen LogP contribution in [0, 0.1) is 0 Å². The van der Waals surface area contributed by atoms with Crippen molar-refractivity contribution in [3.05, 3.63) is 64.9 Å². The Balaban J connectivity index is 0.00000385. The Labute approximate surface area is 202 Å². The topological polar surface area (TPSA) is 117 Å². The van der Waals surface area contributed by atoms with E-state index < -0.39 is 12.0 Å². The monoisotopic (exact) mass is 492 g/mol. The molecule has 0 amide bonds. The molecular formula is C23H25ClN2O6S. The summed E-state index contributed by atoms with van der Waals surface area (Å²) in [6.07, 6.45) is 0. The largest absolute Gasteiger partial charge is 0.504 e. The summed E-state index contributed by atoms with van der Waals surface area (Å²) < 4.78 is 10.4. The van der Waals surface area contributed by atoms with Gasteiger partial charge in [0.25, 0.3) is 0 Å². The number of methoxy groups -OCH3 is 1. The second-order valence-corrected chi connectivity index (χ2v) is 7.87. The maximum Gasteiger partial charge on any atom is 0.338 e. The zero-order chi connectivity index (χ0) is 23.3. The van der Waals surface area contributed by atoms with Gasteiger partial charge in [0.2, 0.25) is 0 Å². The molecule has 0 spiro atoms. The maximum absolute atomic E-state index is 12.6. The van der Waals surface area contributed by atoms with Gasteiger partial charge in [0.1, 0.15) is 11.8 Å². The summed E-state index contributed by atoms with van der Waals surface area (Å²) in [5, 5.41) is 22.6. The first-order valence-corrected chi connectivity index (χ1v) is 10.9. The van der Waals surface area contributed by atoms with Crippen LogP contribution in [0.15, 0.2) is 58.7 Å². The van der Waals surface area contributed by atoms with Gasteiger partial charge in [-0.1, -0.05) is 23.9 Å². The third kappa shape index (κ3) is 6.21. The molecule has 2 aromatic rings. The number of amidine groups is 1. The summed E-state index contributed by atoms with van der Waals surface area (Å²) in [4.78, 5) is 29.8. The average molecular weight is 493 g/mol. The standard InChI is InChI=1S/C23H24N2O6S.ClH/c1-4-31-22(29)20-13(2)24-23(25-21(20)14-5-8-16(30-3)9-6-14)32-12-19(28)15-7-10-17(26)18(27)11-15;/h5-11,21,26-27H,4,12H2,1-3H3,(H,24,25);1H. The van der Waals surface area contributed by atoms with E-state index in [4.69, 9.17) is 9.47 Å². The number of ketones is 1. The molecule has 0 saturated heterocycles. The van der Waals surface area contributed by atoms with E-state index in [9.17, 15) is 19.8 Å². The number of aliphatic imine (C=N–C) groups is 1. The number of carbonyl (C=O) groups is 2. The van der Waals surface area contributed by atoms with Gasteiger partial charge in [-0.2, -0.15) is 0 Å². The highest BCUT2D eigenvalue weighted by Crippen LogP contribution is 2.34. The number of hydrogen-bond donors (Lipinski definition) is 3. The maximum atomic E-state index is 12.6. The average Bonchev–Trinajstić information content (AvgIpc) is 2.79. The molecule has 3 N–H and O–H groups in total. The first-order chi connectivity index (χ1) is 15.3. The molecule has 8 nitrogen and oxygen atoms in total. The molecule has 1 unspecified atom stereocenters. The number of nitrogens with zero attached hydrogens (tertiary/aromatic N) is 1. The van der Waals surface area contributed by atoms with Crippen molar-refractivity contribution < 1.29 is 29.3 Å². The molecule has 10 heteroatoms. The van der Waals surface area contributed by atoms with Crippen LogP contribution in [0.5, 0.6) is 17.2 Å². The SMILES string of the molecule is CCOC(=O)C1=C(C)NC(SCC(=O)c2ccc(O)c(O)c2)=NC1c1ccc(OC)cc1.Cl. The molecule has 0 bridgehead atoms. The molecule has 176 valence electrons. The molecule has 0 saturated carbocycles. The van der Waals surface area contributed by atoms with Crippen molar-refractivity contribution >= 4 is 41.1 Å². The van der Waals surface area contributed by atoms with Crippen molar-refractivity contribution in [2.45, 2.75) is 19.9 Å². The fraction of sp³-hybridized carbons (Fsp3) is 0.261. The van der Waals surface area contributed by atoms with E-state index >= 15 is 0 Å². The van der Waals surface area contributed by atoms with E-state index in [1.807, 2.05) is 12.1 Å². The van der Waals surface area contributed by atoms with Gasteiger partial charge in [0, 0.05) is 11.3 Å². The van der Waals surface area contributed by atoms with E-state index in [0.29, 0.717) is 22.2 Å². The zero-order valence-electron chi connectivity index (χ0n) is 18.3. The number of Topliss-reactive ketones (excluding diaryl/α,β-unsaturated/α-hetero) is 1. The molecule has 1 heterocycles. The second-order valence-electron chi connectivity index (χ2n) is 6.91. The minimum atomic E-state index is -0.600. The van der Waals surface area contributed by atoms with Crippen molar-refractivity contribution in [3.8, 4) is 17.2 Å². The Hall–Kier alpha value is -3.17. The lowest BCUT2D eigenvalue weighted by Gasteiger charge is -2.25. The van der Waals surface area contributed by atoms with Crippen LogP contribution in [-0.4, -0.2) is 46.6 Å². The van der Waals surface area contributed by atoms with Crippen LogP contribution >= 0.6 is 24.2 Å². The molecule has 0 aromatic heterocycles. The van der Waals surface area contributed by atoms with Gasteiger partial charge in [-0.3, -0.25) is 4.79 Å². The predicted octanol–water partition coefficient (Wildman–Crippen LogP) is 3.98. The Morgan fingerprint density at radius 2 is 1.82 bits per heavy atom. The molecule has 2 aromatic carbocycles. The van der Waals surface area contributed by atoms with Crippen LogP contribution in [0.25, 0.3) is 0 Å². The van der Waals surface area contributed by atoms with Gasteiger partial charge in [0.15, 0.2) is 22.4 Å². The molecule has 1 aliphatic rings. The van der Waals surface area contributed by atoms with Gasteiger partial charge in [-0.25, -0.2) is 9.79 Å². The van der Waals surface area contributed by atoms with Gasteiger partial charge in [0.05, 0.1) is 25.0 Å². The fourth-order valence-electron chi connectivity index (χ4n) is 3.14. The van der Waals surface area contributed by atoms with Crippen molar-refractivity contribution in [1.82, 2.24) is 5.32 Å². The van der Waals surface area contributed by atoms with E-state index in [2.05, 4.69) is 10.3 Å². The number of nitrogens with one attached hydrogen (secondary N) is 1. The smallest absolute Gasteiger partial charge is 0.338 e. The van der Waals surface area contributed by atoms with Crippen molar-refractivity contribution in [3.63, 3.8) is 0 Å². The Morgan fingerprint density at radius 1 is 1.12 bits per heavy atom. The number of phenols is 2. The lowest BCUT2D eigenvalue weighted by atomic mass is 9.96. The van der Waals surface area contributed by atoms with Crippen LogP contribution in [0.1, 0.15) is 35.8 Å². The van der Waals surface area contributed by atoms with Crippen LogP contribution < -0.4 is 10.1 Å². The lowest BCUT2D eigenvalue weighted by molar-refractivity contribution is -0.138. The first-order valence-electron chi connectivity index (χ1n) is 9.88. The summed E-state index contributed by atoms with van der Waals surface area (Å²) in [7, 11) is 1.57. The summed E-state index contributed by atoms with van der Waals surface area (Å²) >= 11 is 1.18. The number of aromatic hydroxyl groups is 2.